The predicted octanol–water partition coefficient (Wildman–Crippen LogP) is 3.46. The highest BCUT2D eigenvalue weighted by Crippen LogP contribution is 2.36. The molecule has 1 aromatic heterocycles. The normalized spacial score (nSPS) is 24.7. The third-order valence-electron chi connectivity index (χ3n) is 5.82. The lowest BCUT2D eigenvalue weighted by atomic mass is 9.95. The molecule has 5 heteroatoms. The Labute approximate surface area is 142 Å². The number of nitrogens with two attached hydrogens (primary N) is 1. The van der Waals surface area contributed by atoms with E-state index >= 15 is 0 Å². The van der Waals surface area contributed by atoms with Gasteiger partial charge in [-0.3, -0.25) is 10.1 Å². The van der Waals surface area contributed by atoms with Gasteiger partial charge in [0.1, 0.15) is 0 Å². The molecule has 2 saturated carbocycles. The van der Waals surface area contributed by atoms with E-state index in [1.54, 1.807) is 0 Å². The molecule has 4 rings (SSSR count). The zero-order chi connectivity index (χ0) is 16.5. The van der Waals surface area contributed by atoms with Gasteiger partial charge in [-0.05, 0) is 50.3 Å². The lowest BCUT2D eigenvalue weighted by Crippen LogP contribution is -2.30. The topological polar surface area (TPSA) is 72.9 Å². The van der Waals surface area contributed by atoms with Crippen LogP contribution in [-0.4, -0.2) is 22.0 Å². The van der Waals surface area contributed by atoms with Gasteiger partial charge < -0.3 is 10.3 Å². The smallest absolute Gasteiger partial charge is 0.230 e. The molecule has 2 atom stereocenters. The fraction of sp³-hybridized carbons (Fsp3) is 0.579. The third kappa shape index (κ3) is 2.71. The second-order valence-corrected chi connectivity index (χ2v) is 7.25. The summed E-state index contributed by atoms with van der Waals surface area (Å²) in [5, 5.41) is 3.14. The van der Waals surface area contributed by atoms with E-state index in [1.165, 1.54) is 12.8 Å². The molecule has 2 aliphatic rings. The SMILES string of the molecule is NC[C@H]1CCC[C@H]1C(=O)Nc1nc2ccccc2n1C1CCCC1. The molecular formula is C19H26N4O. The lowest BCUT2D eigenvalue weighted by Gasteiger charge is -2.20. The van der Waals surface area contributed by atoms with Crippen LogP contribution in [-0.2, 0) is 4.79 Å². The molecule has 0 spiro atoms. The number of amides is 1. The average molecular weight is 326 g/mol. The van der Waals surface area contributed by atoms with Gasteiger partial charge in [-0.2, -0.15) is 0 Å². The highest BCUT2D eigenvalue weighted by molar-refractivity contribution is 5.93. The van der Waals surface area contributed by atoms with Crippen LogP contribution in [0.1, 0.15) is 51.0 Å². The summed E-state index contributed by atoms with van der Waals surface area (Å²) < 4.78 is 2.26. The average Bonchev–Trinajstić information content (AvgIpc) is 3.32. The number of nitrogens with zero attached hydrogens (tertiary/aromatic N) is 2. The maximum Gasteiger partial charge on any atom is 0.230 e. The summed E-state index contributed by atoms with van der Waals surface area (Å²) in [4.78, 5) is 17.5. The largest absolute Gasteiger partial charge is 0.330 e. The zero-order valence-corrected chi connectivity index (χ0v) is 14.1. The molecule has 1 aromatic carbocycles. The first-order valence-electron chi connectivity index (χ1n) is 9.26. The molecule has 0 saturated heterocycles. The van der Waals surface area contributed by atoms with Crippen LogP contribution in [0.5, 0.6) is 0 Å². The molecule has 3 N–H and O–H groups in total. The van der Waals surface area contributed by atoms with Gasteiger partial charge in [0.05, 0.1) is 11.0 Å². The van der Waals surface area contributed by atoms with Gasteiger partial charge in [0, 0.05) is 12.0 Å². The Hall–Kier alpha value is -1.88. The summed E-state index contributed by atoms with van der Waals surface area (Å²) >= 11 is 0. The van der Waals surface area contributed by atoms with Crippen LogP contribution >= 0.6 is 0 Å². The van der Waals surface area contributed by atoms with E-state index in [4.69, 9.17) is 10.7 Å². The molecule has 0 bridgehead atoms. The minimum absolute atomic E-state index is 0.0341. The number of imidazole rings is 1. The van der Waals surface area contributed by atoms with Crippen LogP contribution in [0, 0.1) is 11.8 Å². The highest BCUT2D eigenvalue weighted by Gasteiger charge is 2.33. The molecule has 2 fully saturated rings. The van der Waals surface area contributed by atoms with Crippen molar-refractivity contribution >= 4 is 22.9 Å². The van der Waals surface area contributed by atoms with Crippen LogP contribution in [0.4, 0.5) is 5.95 Å². The summed E-state index contributed by atoms with van der Waals surface area (Å²) in [5.74, 6) is 1.16. The third-order valence-corrected chi connectivity index (χ3v) is 5.82. The summed E-state index contributed by atoms with van der Waals surface area (Å²) in [5.41, 5.74) is 7.93. The fourth-order valence-corrected chi connectivity index (χ4v) is 4.53. The first kappa shape index (κ1) is 15.6. The van der Waals surface area contributed by atoms with Crippen LogP contribution in [0.3, 0.4) is 0 Å². The monoisotopic (exact) mass is 326 g/mol. The molecule has 2 aliphatic carbocycles. The Kier molecular flexibility index (Phi) is 4.27. The van der Waals surface area contributed by atoms with Crippen molar-refractivity contribution in [2.75, 3.05) is 11.9 Å². The van der Waals surface area contributed by atoms with E-state index in [0.717, 1.165) is 49.1 Å². The molecule has 0 unspecified atom stereocenters. The van der Waals surface area contributed by atoms with E-state index in [2.05, 4.69) is 16.0 Å². The molecule has 2 aromatic rings. The van der Waals surface area contributed by atoms with Crippen molar-refractivity contribution in [2.45, 2.75) is 51.0 Å². The van der Waals surface area contributed by atoms with Crippen LogP contribution in [0.15, 0.2) is 24.3 Å². The summed E-state index contributed by atoms with van der Waals surface area (Å²) in [6, 6.07) is 8.62. The van der Waals surface area contributed by atoms with Crippen molar-refractivity contribution in [1.82, 2.24) is 9.55 Å². The van der Waals surface area contributed by atoms with Gasteiger partial charge in [-0.15, -0.1) is 0 Å². The first-order valence-corrected chi connectivity index (χ1v) is 9.26. The maximum atomic E-state index is 12.8. The lowest BCUT2D eigenvalue weighted by molar-refractivity contribution is -0.120. The minimum atomic E-state index is 0.0341. The van der Waals surface area contributed by atoms with E-state index < -0.39 is 0 Å². The number of carbonyl (C=O) groups excluding carboxylic acids is 1. The second kappa shape index (κ2) is 6.55. The summed E-state index contributed by atoms with van der Waals surface area (Å²) in [6.45, 7) is 0.594. The Morgan fingerprint density at radius 3 is 2.75 bits per heavy atom. The number of hydrogen-bond donors (Lipinski definition) is 2. The number of anilines is 1. The minimum Gasteiger partial charge on any atom is -0.330 e. The standard InChI is InChI=1S/C19H26N4O/c20-12-13-6-5-9-15(13)18(24)22-19-21-16-10-3-4-11-17(16)23(19)14-7-1-2-8-14/h3-4,10-11,13-15H,1-2,5-9,12,20H2,(H,21,22,24)/t13-,15-/m1/s1. The number of nitrogens with one attached hydrogen (secondary N) is 1. The van der Waals surface area contributed by atoms with E-state index in [1.807, 2.05) is 18.2 Å². The van der Waals surface area contributed by atoms with Gasteiger partial charge in [0.2, 0.25) is 11.9 Å². The predicted molar refractivity (Wildman–Crippen MR) is 95.8 cm³/mol. The highest BCUT2D eigenvalue weighted by atomic mass is 16.2. The van der Waals surface area contributed by atoms with Gasteiger partial charge in [-0.25, -0.2) is 4.98 Å². The zero-order valence-electron chi connectivity index (χ0n) is 14.1. The number of fused-ring (bicyclic) bond motifs is 1. The van der Waals surface area contributed by atoms with Crippen molar-refractivity contribution in [1.29, 1.82) is 0 Å². The number of benzene rings is 1. The van der Waals surface area contributed by atoms with Crippen molar-refractivity contribution < 1.29 is 4.79 Å². The number of aromatic nitrogens is 2. The number of rotatable bonds is 4. The summed E-state index contributed by atoms with van der Waals surface area (Å²) in [7, 11) is 0. The number of hydrogen-bond acceptors (Lipinski definition) is 3. The molecule has 1 heterocycles. The first-order chi connectivity index (χ1) is 11.8. The number of para-hydroxylation sites is 2. The van der Waals surface area contributed by atoms with Gasteiger partial charge in [0.15, 0.2) is 0 Å². The van der Waals surface area contributed by atoms with Gasteiger partial charge in [0.25, 0.3) is 0 Å². The van der Waals surface area contributed by atoms with Crippen LogP contribution in [0.25, 0.3) is 11.0 Å². The maximum absolute atomic E-state index is 12.8. The second-order valence-electron chi connectivity index (χ2n) is 7.25. The van der Waals surface area contributed by atoms with Crippen molar-refractivity contribution in [2.24, 2.45) is 17.6 Å². The molecule has 0 radical (unpaired) electrons. The van der Waals surface area contributed by atoms with E-state index in [0.29, 0.717) is 18.5 Å². The Morgan fingerprint density at radius 2 is 1.96 bits per heavy atom. The summed E-state index contributed by atoms with van der Waals surface area (Å²) in [6.07, 6.45) is 7.94. The Balaban J connectivity index is 1.65. The fourth-order valence-electron chi connectivity index (χ4n) is 4.53. The molecule has 5 nitrogen and oxygen atoms in total. The van der Waals surface area contributed by atoms with Crippen molar-refractivity contribution in [3.05, 3.63) is 24.3 Å². The van der Waals surface area contributed by atoms with E-state index in [-0.39, 0.29) is 11.8 Å². The molecule has 128 valence electrons. The molecule has 24 heavy (non-hydrogen) atoms. The molecule has 0 aliphatic heterocycles. The van der Waals surface area contributed by atoms with Crippen molar-refractivity contribution in [3.8, 4) is 0 Å². The Bertz CT molecular complexity index is 732. The number of carbonyl (C=O) groups is 1. The quantitative estimate of drug-likeness (QED) is 0.903. The van der Waals surface area contributed by atoms with Crippen molar-refractivity contribution in [3.63, 3.8) is 0 Å². The van der Waals surface area contributed by atoms with Crippen LogP contribution < -0.4 is 11.1 Å². The molecular weight excluding hydrogens is 300 g/mol. The Morgan fingerprint density at radius 1 is 1.17 bits per heavy atom. The molecule has 1 amide bonds. The van der Waals surface area contributed by atoms with Gasteiger partial charge >= 0.3 is 0 Å². The van der Waals surface area contributed by atoms with Crippen LogP contribution in [0.2, 0.25) is 0 Å². The van der Waals surface area contributed by atoms with E-state index in [9.17, 15) is 4.79 Å². The van der Waals surface area contributed by atoms with Gasteiger partial charge in [-0.1, -0.05) is 31.4 Å².